The predicted molar refractivity (Wildman–Crippen MR) is 110 cm³/mol. The highest BCUT2D eigenvalue weighted by Gasteiger charge is 2.24. The molecule has 0 aliphatic heterocycles. The van der Waals surface area contributed by atoms with Gasteiger partial charge in [-0.05, 0) is 67.1 Å². The van der Waals surface area contributed by atoms with Gasteiger partial charge < -0.3 is 0 Å². The van der Waals surface area contributed by atoms with Gasteiger partial charge in [0.05, 0.1) is 0 Å². The molecule has 0 bridgehead atoms. The van der Waals surface area contributed by atoms with Gasteiger partial charge in [0.15, 0.2) is 0 Å². The Morgan fingerprint density at radius 1 is 0.667 bits per heavy atom. The highest BCUT2D eigenvalue weighted by molar-refractivity contribution is 5.22. The van der Waals surface area contributed by atoms with Gasteiger partial charge in [-0.1, -0.05) is 71.1 Å². The SMILES string of the molecule is CCCC1CCC(CCCCC2CCC(c3cc(F)cc(F)c3)CC2)CC1. The molecule has 152 valence electrons. The molecule has 2 aliphatic rings. The van der Waals surface area contributed by atoms with Crippen molar-refractivity contribution in [3.05, 3.63) is 35.4 Å². The van der Waals surface area contributed by atoms with E-state index >= 15 is 0 Å². The highest BCUT2D eigenvalue weighted by atomic mass is 19.1. The monoisotopic (exact) mass is 376 g/mol. The van der Waals surface area contributed by atoms with Gasteiger partial charge in [0.2, 0.25) is 0 Å². The maximum atomic E-state index is 13.4. The summed E-state index contributed by atoms with van der Waals surface area (Å²) in [6.45, 7) is 2.32. The van der Waals surface area contributed by atoms with Gasteiger partial charge >= 0.3 is 0 Å². The van der Waals surface area contributed by atoms with Gasteiger partial charge in [0.25, 0.3) is 0 Å². The minimum absolute atomic E-state index is 0.352. The summed E-state index contributed by atoms with van der Waals surface area (Å²) < 4.78 is 26.9. The molecule has 0 spiro atoms. The molecular formula is C25H38F2. The van der Waals surface area contributed by atoms with Crippen LogP contribution in [0, 0.1) is 29.4 Å². The van der Waals surface area contributed by atoms with Crippen molar-refractivity contribution in [2.24, 2.45) is 17.8 Å². The fourth-order valence-corrected chi connectivity index (χ4v) is 5.68. The van der Waals surface area contributed by atoms with E-state index in [1.165, 1.54) is 89.2 Å². The number of rotatable bonds is 8. The number of unbranched alkanes of at least 4 members (excludes halogenated alkanes) is 1. The van der Waals surface area contributed by atoms with Crippen LogP contribution < -0.4 is 0 Å². The molecule has 0 N–H and O–H groups in total. The minimum Gasteiger partial charge on any atom is -0.207 e. The number of benzene rings is 1. The molecule has 27 heavy (non-hydrogen) atoms. The number of hydrogen-bond donors (Lipinski definition) is 0. The van der Waals surface area contributed by atoms with Crippen molar-refractivity contribution in [1.29, 1.82) is 0 Å². The van der Waals surface area contributed by atoms with Gasteiger partial charge in [0, 0.05) is 6.07 Å². The molecule has 2 heteroatoms. The summed E-state index contributed by atoms with van der Waals surface area (Å²) >= 11 is 0. The topological polar surface area (TPSA) is 0 Å². The second kappa shape index (κ2) is 10.6. The smallest absolute Gasteiger partial charge is 0.126 e. The summed E-state index contributed by atoms with van der Waals surface area (Å²) in [5, 5.41) is 0. The fraction of sp³-hybridized carbons (Fsp3) is 0.760. The minimum atomic E-state index is -0.434. The molecule has 3 rings (SSSR count). The lowest BCUT2D eigenvalue weighted by atomic mass is 9.76. The third-order valence-electron chi connectivity index (χ3n) is 7.34. The van der Waals surface area contributed by atoms with E-state index in [9.17, 15) is 8.78 Å². The first-order valence-electron chi connectivity index (χ1n) is 11.6. The largest absolute Gasteiger partial charge is 0.207 e. The summed E-state index contributed by atoms with van der Waals surface area (Å²) in [6, 6.07) is 4.04. The molecule has 0 amide bonds. The van der Waals surface area contributed by atoms with Gasteiger partial charge in [-0.3, -0.25) is 0 Å². The van der Waals surface area contributed by atoms with Gasteiger partial charge in [-0.25, -0.2) is 8.78 Å². The zero-order valence-corrected chi connectivity index (χ0v) is 17.2. The first-order chi connectivity index (χ1) is 13.1. The molecule has 0 radical (unpaired) electrons. The van der Waals surface area contributed by atoms with Crippen LogP contribution in [0.2, 0.25) is 0 Å². The number of hydrogen-bond acceptors (Lipinski definition) is 0. The maximum absolute atomic E-state index is 13.4. The summed E-state index contributed by atoms with van der Waals surface area (Å²) in [7, 11) is 0. The summed E-state index contributed by atoms with van der Waals surface area (Å²) in [5.41, 5.74) is 0.865. The zero-order valence-electron chi connectivity index (χ0n) is 17.2. The van der Waals surface area contributed by atoms with Crippen molar-refractivity contribution in [2.75, 3.05) is 0 Å². The Labute approximate surface area is 165 Å². The number of halogens is 2. The van der Waals surface area contributed by atoms with Crippen molar-refractivity contribution in [1.82, 2.24) is 0 Å². The molecule has 1 aromatic carbocycles. The van der Waals surface area contributed by atoms with Crippen molar-refractivity contribution >= 4 is 0 Å². The third kappa shape index (κ3) is 6.57. The Bertz CT molecular complexity index is 531. The molecule has 0 atom stereocenters. The van der Waals surface area contributed by atoms with E-state index in [2.05, 4.69) is 6.92 Å². The van der Waals surface area contributed by atoms with Crippen molar-refractivity contribution in [3.8, 4) is 0 Å². The van der Waals surface area contributed by atoms with Crippen molar-refractivity contribution in [2.45, 2.75) is 103 Å². The predicted octanol–water partition coefficient (Wildman–Crippen LogP) is 8.41. The zero-order chi connectivity index (χ0) is 19.1. The normalized spacial score (nSPS) is 29.0. The summed E-state index contributed by atoms with van der Waals surface area (Å²) in [6.07, 6.45) is 18.9. The van der Waals surface area contributed by atoms with Crippen LogP contribution in [0.4, 0.5) is 8.78 Å². The van der Waals surface area contributed by atoms with Gasteiger partial charge in [-0.2, -0.15) is 0 Å². The molecular weight excluding hydrogens is 338 g/mol. The quantitative estimate of drug-likeness (QED) is 0.399. The van der Waals surface area contributed by atoms with Crippen LogP contribution in [0.25, 0.3) is 0 Å². The van der Waals surface area contributed by atoms with E-state index in [1.54, 1.807) is 0 Å². The van der Waals surface area contributed by atoms with E-state index in [4.69, 9.17) is 0 Å². The Kier molecular flexibility index (Phi) is 8.15. The molecule has 2 fully saturated rings. The van der Waals surface area contributed by atoms with Crippen LogP contribution in [-0.2, 0) is 0 Å². The highest BCUT2D eigenvalue weighted by Crippen LogP contribution is 2.39. The standard InChI is InChI=1S/C25H38F2/c1-2-5-19-8-10-20(11-9-19)6-3-4-7-21-12-14-22(15-13-21)23-16-24(26)18-25(27)17-23/h16-22H,2-15H2,1H3. The Morgan fingerprint density at radius 3 is 1.59 bits per heavy atom. The summed E-state index contributed by atoms with van der Waals surface area (Å²) in [5.74, 6) is 2.33. The van der Waals surface area contributed by atoms with Crippen LogP contribution in [0.5, 0.6) is 0 Å². The van der Waals surface area contributed by atoms with Crippen molar-refractivity contribution < 1.29 is 8.78 Å². The molecule has 0 nitrogen and oxygen atoms in total. The Morgan fingerprint density at radius 2 is 1.11 bits per heavy atom. The lowest BCUT2D eigenvalue weighted by Crippen LogP contribution is -2.15. The summed E-state index contributed by atoms with van der Waals surface area (Å²) in [4.78, 5) is 0. The van der Waals surface area contributed by atoms with Crippen LogP contribution in [0.1, 0.15) is 108 Å². The van der Waals surface area contributed by atoms with Gasteiger partial charge in [-0.15, -0.1) is 0 Å². The average molecular weight is 377 g/mol. The molecule has 2 saturated carbocycles. The van der Waals surface area contributed by atoms with Crippen molar-refractivity contribution in [3.63, 3.8) is 0 Å². The second-order valence-corrected chi connectivity index (χ2v) is 9.38. The third-order valence-corrected chi connectivity index (χ3v) is 7.34. The Hall–Kier alpha value is -0.920. The molecule has 0 heterocycles. The van der Waals surface area contributed by atoms with Crippen LogP contribution >= 0.6 is 0 Å². The maximum Gasteiger partial charge on any atom is 0.126 e. The van der Waals surface area contributed by atoms with Crippen LogP contribution in [0.15, 0.2) is 18.2 Å². The van der Waals surface area contributed by atoms with E-state index in [0.717, 1.165) is 42.2 Å². The molecule has 0 aromatic heterocycles. The first-order valence-corrected chi connectivity index (χ1v) is 11.6. The van der Waals surface area contributed by atoms with Gasteiger partial charge in [0.1, 0.15) is 11.6 Å². The molecule has 2 aliphatic carbocycles. The van der Waals surface area contributed by atoms with E-state index in [0.29, 0.717) is 5.92 Å². The lowest BCUT2D eigenvalue weighted by molar-refractivity contribution is 0.243. The van der Waals surface area contributed by atoms with E-state index in [-0.39, 0.29) is 0 Å². The molecule has 1 aromatic rings. The average Bonchev–Trinajstić information content (AvgIpc) is 2.66. The second-order valence-electron chi connectivity index (χ2n) is 9.38. The Balaban J connectivity index is 1.29. The fourth-order valence-electron chi connectivity index (χ4n) is 5.68. The van der Waals surface area contributed by atoms with Crippen LogP contribution in [-0.4, -0.2) is 0 Å². The molecule has 0 saturated heterocycles. The first kappa shape index (κ1) is 20.8. The molecule has 0 unspecified atom stereocenters. The van der Waals surface area contributed by atoms with Crippen LogP contribution in [0.3, 0.4) is 0 Å². The van der Waals surface area contributed by atoms with E-state index < -0.39 is 11.6 Å². The van der Waals surface area contributed by atoms with E-state index in [1.807, 2.05) is 0 Å². The lowest BCUT2D eigenvalue weighted by Gasteiger charge is -2.30.